The van der Waals surface area contributed by atoms with Crippen LogP contribution in [0.4, 0.5) is 5.69 Å². The average molecular weight is 556 g/mol. The number of nitrogens with one attached hydrogen (secondary N) is 2. The summed E-state index contributed by atoms with van der Waals surface area (Å²) in [7, 11) is 1.42. The highest BCUT2D eigenvalue weighted by Crippen LogP contribution is 2.37. The fraction of sp³-hybridized carbons (Fsp3) is 0.0769. The van der Waals surface area contributed by atoms with Crippen LogP contribution in [0.25, 0.3) is 10.1 Å². The van der Waals surface area contributed by atoms with Gasteiger partial charge in [0.2, 0.25) is 0 Å². The van der Waals surface area contributed by atoms with Crippen LogP contribution in [0.2, 0.25) is 10.0 Å². The number of hydrogen-bond donors (Lipinski definition) is 2. The van der Waals surface area contributed by atoms with E-state index in [4.69, 9.17) is 32.7 Å². The van der Waals surface area contributed by atoms with E-state index in [1.165, 1.54) is 30.7 Å². The molecule has 3 aromatic carbocycles. The fourth-order valence-corrected chi connectivity index (χ4v) is 4.78. The number of esters is 1. The predicted molar refractivity (Wildman–Crippen MR) is 145 cm³/mol. The van der Waals surface area contributed by atoms with Gasteiger partial charge in [-0.2, -0.15) is 5.10 Å². The lowest BCUT2D eigenvalue weighted by molar-refractivity contribution is -0.136. The Labute approximate surface area is 225 Å². The molecule has 0 aliphatic heterocycles. The lowest BCUT2D eigenvalue weighted by Crippen LogP contribution is -2.32. The molecule has 0 aliphatic rings. The molecule has 37 heavy (non-hydrogen) atoms. The second-order valence-electron chi connectivity index (χ2n) is 7.66. The van der Waals surface area contributed by atoms with Gasteiger partial charge in [0.25, 0.3) is 0 Å². The number of hydrazone groups is 1. The molecule has 0 atom stereocenters. The number of anilines is 1. The first kappa shape index (κ1) is 26.2. The van der Waals surface area contributed by atoms with Gasteiger partial charge in [-0.25, -0.2) is 10.2 Å². The van der Waals surface area contributed by atoms with Crippen molar-refractivity contribution in [3.63, 3.8) is 0 Å². The third kappa shape index (κ3) is 6.08. The summed E-state index contributed by atoms with van der Waals surface area (Å²) in [6.07, 6.45) is 1.31. The van der Waals surface area contributed by atoms with Gasteiger partial charge in [-0.05, 0) is 54.4 Å². The molecular weight excluding hydrogens is 537 g/mol. The number of methoxy groups -OCH3 is 1. The predicted octanol–water partition coefficient (Wildman–Crippen LogP) is 5.83. The zero-order valence-corrected chi connectivity index (χ0v) is 21.8. The van der Waals surface area contributed by atoms with E-state index >= 15 is 0 Å². The van der Waals surface area contributed by atoms with Gasteiger partial charge in [-0.3, -0.25) is 9.59 Å². The van der Waals surface area contributed by atoms with Crippen LogP contribution in [-0.4, -0.2) is 31.1 Å². The Bertz CT molecular complexity index is 1550. The summed E-state index contributed by atoms with van der Waals surface area (Å²) >= 11 is 13.6. The number of fused-ring (bicyclic) bond motifs is 1. The third-order valence-corrected chi connectivity index (χ3v) is 7.19. The van der Waals surface area contributed by atoms with E-state index in [2.05, 4.69) is 15.8 Å². The smallest absolute Gasteiger partial charge is 0.355 e. The summed E-state index contributed by atoms with van der Waals surface area (Å²) in [5.74, 6) is -2.05. The standard InChI is InChI=1S/C26H19Cl2N3O5S/c1-14-7-9-16(12-18(14)27)30-24(32)25(33)31-29-13-15-8-10-19(20(11-15)35-2)36-26(34)23-22(28)17-5-3-4-6-21(17)37-23/h3-13H,1-2H3,(H,30,32)(H,31,33). The topological polar surface area (TPSA) is 106 Å². The lowest BCUT2D eigenvalue weighted by Gasteiger charge is -2.09. The number of thiophene rings is 1. The van der Waals surface area contributed by atoms with Crippen LogP contribution in [0.1, 0.15) is 20.8 Å². The van der Waals surface area contributed by atoms with Crippen molar-refractivity contribution in [1.29, 1.82) is 0 Å². The van der Waals surface area contributed by atoms with Gasteiger partial charge in [-0.1, -0.05) is 47.5 Å². The minimum Gasteiger partial charge on any atom is -0.493 e. The fourth-order valence-electron chi connectivity index (χ4n) is 3.22. The molecule has 2 amide bonds. The summed E-state index contributed by atoms with van der Waals surface area (Å²) < 4.78 is 11.7. The van der Waals surface area contributed by atoms with Crippen molar-refractivity contribution in [2.24, 2.45) is 5.10 Å². The minimum atomic E-state index is -0.967. The first-order valence-corrected chi connectivity index (χ1v) is 12.3. The number of benzene rings is 3. The highest BCUT2D eigenvalue weighted by Gasteiger charge is 2.20. The number of aryl methyl sites for hydroxylation is 1. The van der Waals surface area contributed by atoms with E-state index in [0.717, 1.165) is 15.6 Å². The van der Waals surface area contributed by atoms with Gasteiger partial charge in [0.05, 0.1) is 18.3 Å². The Morgan fingerprint density at radius 2 is 1.76 bits per heavy atom. The number of halogens is 2. The van der Waals surface area contributed by atoms with E-state index in [0.29, 0.717) is 21.3 Å². The van der Waals surface area contributed by atoms with Gasteiger partial charge in [0.15, 0.2) is 11.5 Å². The molecule has 4 rings (SSSR count). The van der Waals surface area contributed by atoms with Crippen molar-refractivity contribution in [2.75, 3.05) is 12.4 Å². The van der Waals surface area contributed by atoms with E-state index in [9.17, 15) is 14.4 Å². The average Bonchev–Trinajstić information content (AvgIpc) is 3.23. The van der Waals surface area contributed by atoms with Crippen molar-refractivity contribution < 1.29 is 23.9 Å². The molecule has 0 spiro atoms. The number of carbonyl (C=O) groups excluding carboxylic acids is 3. The molecule has 2 N–H and O–H groups in total. The largest absolute Gasteiger partial charge is 0.493 e. The Morgan fingerprint density at radius 3 is 2.49 bits per heavy atom. The van der Waals surface area contributed by atoms with Crippen LogP contribution in [0.3, 0.4) is 0 Å². The number of rotatable bonds is 6. The minimum absolute atomic E-state index is 0.179. The highest BCUT2D eigenvalue weighted by atomic mass is 35.5. The normalized spacial score (nSPS) is 10.9. The Morgan fingerprint density at radius 1 is 0.973 bits per heavy atom. The van der Waals surface area contributed by atoms with Gasteiger partial charge in [-0.15, -0.1) is 11.3 Å². The summed E-state index contributed by atoms with van der Waals surface area (Å²) in [6.45, 7) is 1.82. The molecule has 4 aromatic rings. The van der Waals surface area contributed by atoms with Gasteiger partial charge in [0, 0.05) is 20.8 Å². The maximum Gasteiger partial charge on any atom is 0.355 e. The van der Waals surface area contributed by atoms with Crippen molar-refractivity contribution in [3.8, 4) is 11.5 Å². The second kappa shape index (κ2) is 11.4. The zero-order valence-electron chi connectivity index (χ0n) is 19.5. The van der Waals surface area contributed by atoms with Gasteiger partial charge < -0.3 is 14.8 Å². The molecular formula is C26H19Cl2N3O5S. The zero-order chi connectivity index (χ0) is 26.5. The van der Waals surface area contributed by atoms with Crippen molar-refractivity contribution >= 4 is 74.3 Å². The van der Waals surface area contributed by atoms with Crippen LogP contribution in [0.5, 0.6) is 11.5 Å². The molecule has 0 unspecified atom stereocenters. The Hall–Kier alpha value is -3.92. The number of hydrogen-bond acceptors (Lipinski definition) is 7. The maximum absolute atomic E-state index is 12.8. The third-order valence-electron chi connectivity index (χ3n) is 5.13. The van der Waals surface area contributed by atoms with Crippen LogP contribution in [-0.2, 0) is 9.59 Å². The lowest BCUT2D eigenvalue weighted by atomic mass is 10.2. The van der Waals surface area contributed by atoms with Crippen molar-refractivity contribution in [2.45, 2.75) is 6.92 Å². The van der Waals surface area contributed by atoms with E-state index in [-0.39, 0.29) is 16.4 Å². The van der Waals surface area contributed by atoms with E-state index < -0.39 is 17.8 Å². The quantitative estimate of drug-likeness (QED) is 0.102. The monoisotopic (exact) mass is 555 g/mol. The second-order valence-corrected chi connectivity index (χ2v) is 9.50. The molecule has 0 saturated carbocycles. The first-order valence-electron chi connectivity index (χ1n) is 10.7. The van der Waals surface area contributed by atoms with E-state index in [1.54, 1.807) is 30.3 Å². The molecule has 0 aliphatic carbocycles. The molecule has 1 aromatic heterocycles. The SMILES string of the molecule is COc1cc(C=NNC(=O)C(=O)Nc2ccc(C)c(Cl)c2)ccc1OC(=O)c1sc2ccccc2c1Cl. The molecule has 1 heterocycles. The van der Waals surface area contributed by atoms with Crippen LogP contribution < -0.4 is 20.2 Å². The number of ether oxygens (including phenoxy) is 2. The summed E-state index contributed by atoms with van der Waals surface area (Å²) in [5.41, 5.74) is 3.89. The van der Waals surface area contributed by atoms with E-state index in [1.807, 2.05) is 31.2 Å². The Balaban J connectivity index is 1.39. The number of carbonyl (C=O) groups is 3. The molecule has 188 valence electrons. The number of nitrogens with zero attached hydrogens (tertiary/aromatic N) is 1. The number of amides is 2. The summed E-state index contributed by atoms with van der Waals surface area (Å²) in [4.78, 5) is 37.2. The summed E-state index contributed by atoms with van der Waals surface area (Å²) in [5, 5.41) is 7.81. The van der Waals surface area contributed by atoms with Crippen LogP contribution in [0, 0.1) is 6.92 Å². The molecule has 0 radical (unpaired) electrons. The Kier molecular flexibility index (Phi) is 8.08. The van der Waals surface area contributed by atoms with Gasteiger partial charge >= 0.3 is 17.8 Å². The molecule has 0 fully saturated rings. The molecule has 11 heteroatoms. The van der Waals surface area contributed by atoms with Crippen LogP contribution in [0.15, 0.2) is 65.8 Å². The molecule has 8 nitrogen and oxygen atoms in total. The highest BCUT2D eigenvalue weighted by molar-refractivity contribution is 7.21. The van der Waals surface area contributed by atoms with Gasteiger partial charge in [0.1, 0.15) is 4.88 Å². The van der Waals surface area contributed by atoms with Crippen molar-refractivity contribution in [1.82, 2.24) is 5.43 Å². The van der Waals surface area contributed by atoms with Crippen molar-refractivity contribution in [3.05, 3.63) is 86.7 Å². The first-order chi connectivity index (χ1) is 17.8. The molecule has 0 bridgehead atoms. The van der Waals surface area contributed by atoms with Crippen LogP contribution >= 0.6 is 34.5 Å². The molecule has 0 saturated heterocycles. The summed E-state index contributed by atoms with van der Waals surface area (Å²) in [6, 6.07) is 17.0. The maximum atomic E-state index is 12.8.